The lowest BCUT2D eigenvalue weighted by atomic mass is 10.2. The highest BCUT2D eigenvalue weighted by Gasteiger charge is 2.33. The molecule has 0 bridgehead atoms. The van der Waals surface area contributed by atoms with Crippen molar-refractivity contribution in [2.24, 2.45) is 0 Å². The van der Waals surface area contributed by atoms with Gasteiger partial charge in [0, 0.05) is 22.7 Å². The van der Waals surface area contributed by atoms with Gasteiger partial charge in [-0.15, -0.1) is 10.2 Å². The van der Waals surface area contributed by atoms with E-state index in [0.29, 0.717) is 46.5 Å². The molecule has 1 aromatic heterocycles. The Labute approximate surface area is 192 Å². The quantitative estimate of drug-likeness (QED) is 0.515. The molecular formula is C22H18ClN3O5S. The Morgan fingerprint density at radius 3 is 2.72 bits per heavy atom. The molecule has 1 saturated heterocycles. The van der Waals surface area contributed by atoms with E-state index >= 15 is 0 Å². The Morgan fingerprint density at radius 2 is 1.88 bits per heavy atom. The first-order chi connectivity index (χ1) is 15.6. The minimum absolute atomic E-state index is 0.179. The molecule has 10 heteroatoms. The molecule has 3 heterocycles. The van der Waals surface area contributed by atoms with Gasteiger partial charge in [-0.05, 0) is 55.3 Å². The van der Waals surface area contributed by atoms with E-state index in [-0.39, 0.29) is 23.8 Å². The molecule has 8 nitrogen and oxygen atoms in total. The highest BCUT2D eigenvalue weighted by Crippen LogP contribution is 2.37. The van der Waals surface area contributed by atoms with Crippen LogP contribution in [-0.2, 0) is 4.79 Å². The maximum Gasteiger partial charge on any atom is 0.277 e. The number of amides is 2. The Bertz CT molecular complexity index is 1170. The first-order valence-electron chi connectivity index (χ1n) is 10.1. The van der Waals surface area contributed by atoms with Crippen molar-refractivity contribution < 1.29 is 23.5 Å². The number of ether oxygens (including phenoxy) is 2. The third-order valence-electron chi connectivity index (χ3n) is 5.24. The highest BCUT2D eigenvalue weighted by molar-refractivity contribution is 8.00. The number of rotatable bonds is 4. The molecule has 2 amide bonds. The molecule has 2 aliphatic heterocycles. The SMILES string of the molecule is O=C(c1ccc(Cl)cc1)N1CCCC[C@H](Sc2nnc(-c3ccc4c(c3)OCO4)o2)C1=O. The number of imide groups is 1. The van der Waals surface area contributed by atoms with Crippen LogP contribution >= 0.6 is 23.4 Å². The standard InChI is InChI=1S/C22H18ClN3O5S/c23-15-7-4-13(5-8-15)20(27)26-10-2-1-3-18(21(26)28)32-22-25-24-19(31-22)14-6-9-16-17(11-14)30-12-29-16/h4-9,11,18H,1-3,10,12H2/t18-/m0/s1. The Balaban J connectivity index is 1.32. The number of carbonyl (C=O) groups is 2. The zero-order valence-electron chi connectivity index (χ0n) is 16.8. The van der Waals surface area contributed by atoms with E-state index in [1.807, 2.05) is 0 Å². The summed E-state index contributed by atoms with van der Waals surface area (Å²) < 4.78 is 16.5. The second-order valence-corrected chi connectivity index (χ2v) is 8.94. The lowest BCUT2D eigenvalue weighted by molar-refractivity contribution is -0.127. The number of hydrogen-bond donors (Lipinski definition) is 0. The van der Waals surface area contributed by atoms with Crippen molar-refractivity contribution in [1.29, 1.82) is 0 Å². The monoisotopic (exact) mass is 471 g/mol. The third-order valence-corrected chi connectivity index (χ3v) is 6.59. The number of likely N-dealkylation sites (tertiary alicyclic amines) is 1. The summed E-state index contributed by atoms with van der Waals surface area (Å²) in [5.41, 5.74) is 1.12. The highest BCUT2D eigenvalue weighted by atomic mass is 35.5. The van der Waals surface area contributed by atoms with Crippen LogP contribution in [0.15, 0.2) is 52.1 Å². The number of carbonyl (C=O) groups excluding carboxylic acids is 2. The molecule has 0 N–H and O–H groups in total. The van der Waals surface area contributed by atoms with Crippen LogP contribution in [0.3, 0.4) is 0 Å². The molecule has 0 spiro atoms. The maximum atomic E-state index is 13.2. The minimum atomic E-state index is -0.487. The fourth-order valence-electron chi connectivity index (χ4n) is 3.59. The van der Waals surface area contributed by atoms with Gasteiger partial charge in [-0.3, -0.25) is 14.5 Å². The van der Waals surface area contributed by atoms with E-state index in [1.54, 1.807) is 42.5 Å². The molecule has 1 atom stereocenters. The second-order valence-electron chi connectivity index (χ2n) is 7.35. The largest absolute Gasteiger partial charge is 0.454 e. The van der Waals surface area contributed by atoms with E-state index in [2.05, 4.69) is 10.2 Å². The van der Waals surface area contributed by atoms with Gasteiger partial charge in [-0.1, -0.05) is 29.8 Å². The minimum Gasteiger partial charge on any atom is -0.454 e. The summed E-state index contributed by atoms with van der Waals surface area (Å²) in [4.78, 5) is 27.4. The Kier molecular flexibility index (Phi) is 5.75. The topological polar surface area (TPSA) is 94.8 Å². The maximum absolute atomic E-state index is 13.2. The molecule has 0 saturated carbocycles. The Hall–Kier alpha value is -3.04. The van der Waals surface area contributed by atoms with Crippen LogP contribution in [0, 0.1) is 0 Å². The van der Waals surface area contributed by atoms with Crippen molar-refractivity contribution in [1.82, 2.24) is 15.1 Å². The summed E-state index contributed by atoms with van der Waals surface area (Å²) in [6.07, 6.45) is 2.18. The van der Waals surface area contributed by atoms with Gasteiger partial charge in [-0.2, -0.15) is 0 Å². The third kappa shape index (κ3) is 4.18. The molecule has 1 fully saturated rings. The van der Waals surface area contributed by atoms with Crippen LogP contribution in [0.1, 0.15) is 29.6 Å². The van der Waals surface area contributed by atoms with Gasteiger partial charge in [0.1, 0.15) is 0 Å². The molecule has 3 aromatic rings. The molecular weight excluding hydrogens is 454 g/mol. The summed E-state index contributed by atoms with van der Waals surface area (Å²) >= 11 is 7.10. The van der Waals surface area contributed by atoms with Crippen molar-refractivity contribution in [3.63, 3.8) is 0 Å². The number of nitrogens with zero attached hydrogens (tertiary/aromatic N) is 3. The van der Waals surface area contributed by atoms with Crippen LogP contribution < -0.4 is 9.47 Å². The molecule has 2 aromatic carbocycles. The number of hydrogen-bond acceptors (Lipinski definition) is 8. The molecule has 0 radical (unpaired) electrons. The predicted molar refractivity (Wildman–Crippen MR) is 117 cm³/mol. The molecule has 5 rings (SSSR count). The normalized spacial score (nSPS) is 18.0. The lowest BCUT2D eigenvalue weighted by Crippen LogP contribution is -2.41. The van der Waals surface area contributed by atoms with E-state index in [4.69, 9.17) is 25.5 Å². The van der Waals surface area contributed by atoms with Crippen molar-refractivity contribution in [3.05, 3.63) is 53.1 Å². The summed E-state index contributed by atoms with van der Waals surface area (Å²) in [5.74, 6) is 1.02. The molecule has 32 heavy (non-hydrogen) atoms. The van der Waals surface area contributed by atoms with E-state index in [0.717, 1.165) is 12.8 Å². The van der Waals surface area contributed by atoms with Crippen molar-refractivity contribution in [2.75, 3.05) is 13.3 Å². The second kappa shape index (κ2) is 8.84. The van der Waals surface area contributed by atoms with E-state index < -0.39 is 5.25 Å². The van der Waals surface area contributed by atoms with Gasteiger partial charge in [0.15, 0.2) is 11.5 Å². The molecule has 164 valence electrons. The molecule has 2 aliphatic rings. The van der Waals surface area contributed by atoms with Crippen LogP contribution in [0.5, 0.6) is 11.5 Å². The average Bonchev–Trinajstić information content (AvgIpc) is 3.43. The van der Waals surface area contributed by atoms with Gasteiger partial charge in [0.2, 0.25) is 18.6 Å². The number of fused-ring (bicyclic) bond motifs is 1. The van der Waals surface area contributed by atoms with Crippen molar-refractivity contribution >= 4 is 35.2 Å². The van der Waals surface area contributed by atoms with Gasteiger partial charge in [0.25, 0.3) is 11.1 Å². The smallest absolute Gasteiger partial charge is 0.277 e. The van der Waals surface area contributed by atoms with Crippen LogP contribution in [0.4, 0.5) is 0 Å². The number of halogens is 1. The summed E-state index contributed by atoms with van der Waals surface area (Å²) in [5, 5.41) is 8.51. The molecule has 0 unspecified atom stereocenters. The Morgan fingerprint density at radius 1 is 1.06 bits per heavy atom. The van der Waals surface area contributed by atoms with Crippen molar-refractivity contribution in [2.45, 2.75) is 29.7 Å². The number of aromatic nitrogens is 2. The first-order valence-corrected chi connectivity index (χ1v) is 11.4. The first kappa shape index (κ1) is 20.8. The lowest BCUT2D eigenvalue weighted by Gasteiger charge is -2.21. The van der Waals surface area contributed by atoms with Gasteiger partial charge in [-0.25, -0.2) is 0 Å². The number of benzene rings is 2. The zero-order valence-corrected chi connectivity index (χ0v) is 18.4. The van der Waals surface area contributed by atoms with Crippen LogP contribution in [0.25, 0.3) is 11.5 Å². The van der Waals surface area contributed by atoms with Gasteiger partial charge >= 0.3 is 0 Å². The van der Waals surface area contributed by atoms with E-state index in [9.17, 15) is 9.59 Å². The predicted octanol–water partition coefficient (Wildman–Crippen LogP) is 4.43. The van der Waals surface area contributed by atoms with Crippen LogP contribution in [0.2, 0.25) is 5.02 Å². The average molecular weight is 472 g/mol. The number of thioether (sulfide) groups is 1. The van der Waals surface area contributed by atoms with Crippen molar-refractivity contribution in [3.8, 4) is 23.0 Å². The summed E-state index contributed by atoms with van der Waals surface area (Å²) in [6.45, 7) is 0.558. The summed E-state index contributed by atoms with van der Waals surface area (Å²) in [7, 11) is 0. The van der Waals surface area contributed by atoms with E-state index in [1.165, 1.54) is 16.7 Å². The fourth-order valence-corrected chi connectivity index (χ4v) is 4.69. The fraction of sp³-hybridized carbons (Fsp3) is 0.273. The van der Waals surface area contributed by atoms with Crippen LogP contribution in [-0.4, -0.2) is 45.5 Å². The molecule has 0 aliphatic carbocycles. The summed E-state index contributed by atoms with van der Waals surface area (Å²) in [6, 6.07) is 11.9. The zero-order chi connectivity index (χ0) is 22.1. The van der Waals surface area contributed by atoms with Gasteiger partial charge < -0.3 is 13.9 Å². The van der Waals surface area contributed by atoms with Gasteiger partial charge in [0.05, 0.1) is 5.25 Å².